The van der Waals surface area contributed by atoms with Crippen molar-refractivity contribution < 1.29 is 4.79 Å². The van der Waals surface area contributed by atoms with Crippen molar-refractivity contribution >= 4 is 16.7 Å². The minimum atomic E-state index is -0.447. The first-order chi connectivity index (χ1) is 7.27. The molecular weight excluding hydrogens is 190 g/mol. The topological polar surface area (TPSA) is 74.7 Å². The molecule has 74 valence electrons. The van der Waals surface area contributed by atoms with Crippen LogP contribution in [0.15, 0.2) is 30.3 Å². The summed E-state index contributed by atoms with van der Waals surface area (Å²) >= 11 is 0. The molecule has 0 fully saturated rings. The Labute approximate surface area is 85.4 Å². The van der Waals surface area contributed by atoms with Gasteiger partial charge in [-0.2, -0.15) is 0 Å². The second-order valence-corrected chi connectivity index (χ2v) is 3.51. The number of carbonyl (C=O) groups is 1. The predicted octanol–water partition coefficient (Wildman–Crippen LogP) is 1.70. The molecule has 0 radical (unpaired) electrons. The standard InChI is InChI=1S/C11H9N3O/c12-11(15)10-9-7-4-2-1-3-6(7)5-8(9)13-14-10/h1-5,13-14H,(H2,12,15). The van der Waals surface area contributed by atoms with Gasteiger partial charge in [-0.05, 0) is 16.8 Å². The van der Waals surface area contributed by atoms with Gasteiger partial charge in [0.1, 0.15) is 5.69 Å². The highest BCUT2D eigenvalue weighted by molar-refractivity contribution is 6.10. The van der Waals surface area contributed by atoms with Crippen LogP contribution in [0.25, 0.3) is 22.0 Å². The van der Waals surface area contributed by atoms with Gasteiger partial charge in [-0.3, -0.25) is 15.0 Å². The molecule has 4 N–H and O–H groups in total. The minimum absolute atomic E-state index is 0.436. The van der Waals surface area contributed by atoms with Gasteiger partial charge in [0.05, 0.1) is 5.69 Å². The van der Waals surface area contributed by atoms with E-state index in [2.05, 4.69) is 10.2 Å². The van der Waals surface area contributed by atoms with Gasteiger partial charge >= 0.3 is 0 Å². The Morgan fingerprint density at radius 1 is 1.20 bits per heavy atom. The SMILES string of the molecule is NC(=O)c1[nH][nH]c2cc3ccccc3c1-2. The van der Waals surface area contributed by atoms with Crippen molar-refractivity contribution in [1.82, 2.24) is 10.2 Å². The van der Waals surface area contributed by atoms with Crippen molar-refractivity contribution in [2.45, 2.75) is 0 Å². The van der Waals surface area contributed by atoms with E-state index in [4.69, 9.17) is 5.73 Å². The van der Waals surface area contributed by atoms with E-state index in [1.54, 1.807) is 0 Å². The molecule has 1 aliphatic carbocycles. The van der Waals surface area contributed by atoms with Gasteiger partial charge in [-0.1, -0.05) is 24.3 Å². The Morgan fingerprint density at radius 3 is 2.80 bits per heavy atom. The van der Waals surface area contributed by atoms with Crippen LogP contribution in [0.2, 0.25) is 0 Å². The average molecular weight is 199 g/mol. The van der Waals surface area contributed by atoms with E-state index in [9.17, 15) is 4.79 Å². The molecule has 1 amide bonds. The molecule has 4 nitrogen and oxygen atoms in total. The first kappa shape index (κ1) is 8.11. The number of hydrogen-bond acceptors (Lipinski definition) is 1. The quantitative estimate of drug-likeness (QED) is 0.548. The first-order valence-corrected chi connectivity index (χ1v) is 4.65. The summed E-state index contributed by atoms with van der Waals surface area (Å²) in [6.07, 6.45) is 0. The lowest BCUT2D eigenvalue weighted by molar-refractivity contribution is 0.0996. The molecule has 15 heavy (non-hydrogen) atoms. The predicted molar refractivity (Wildman–Crippen MR) is 57.8 cm³/mol. The van der Waals surface area contributed by atoms with Crippen LogP contribution in [0.1, 0.15) is 10.5 Å². The van der Waals surface area contributed by atoms with E-state index < -0.39 is 5.91 Å². The number of carbonyl (C=O) groups excluding carboxylic acids is 1. The van der Waals surface area contributed by atoms with Crippen molar-refractivity contribution in [3.8, 4) is 11.3 Å². The van der Waals surface area contributed by atoms with Crippen molar-refractivity contribution in [3.63, 3.8) is 0 Å². The summed E-state index contributed by atoms with van der Waals surface area (Å²) in [5.74, 6) is -0.447. The molecule has 1 heterocycles. The molecule has 0 spiro atoms. The molecule has 0 aromatic heterocycles. The molecule has 0 saturated carbocycles. The number of aromatic amines is 2. The van der Waals surface area contributed by atoms with E-state index in [0.29, 0.717) is 5.69 Å². The molecular formula is C11H9N3O. The summed E-state index contributed by atoms with van der Waals surface area (Å²) in [7, 11) is 0. The van der Waals surface area contributed by atoms with Gasteiger partial charge in [0.2, 0.25) is 0 Å². The van der Waals surface area contributed by atoms with Crippen LogP contribution in [0.5, 0.6) is 0 Å². The molecule has 0 atom stereocenters. The largest absolute Gasteiger partial charge is 0.364 e. The zero-order valence-electron chi connectivity index (χ0n) is 7.87. The number of fused-ring (bicyclic) bond motifs is 3. The second kappa shape index (κ2) is 2.63. The van der Waals surface area contributed by atoms with Gasteiger partial charge in [0.15, 0.2) is 0 Å². The molecule has 1 aromatic carbocycles. The number of amides is 1. The smallest absolute Gasteiger partial charge is 0.267 e. The van der Waals surface area contributed by atoms with Crippen molar-refractivity contribution in [1.29, 1.82) is 0 Å². The van der Waals surface area contributed by atoms with Crippen molar-refractivity contribution in [3.05, 3.63) is 36.0 Å². The second-order valence-electron chi connectivity index (χ2n) is 3.51. The summed E-state index contributed by atoms with van der Waals surface area (Å²) in [6.45, 7) is 0. The first-order valence-electron chi connectivity index (χ1n) is 4.65. The fraction of sp³-hybridized carbons (Fsp3) is 0. The minimum Gasteiger partial charge on any atom is -0.364 e. The Balaban J connectivity index is 2.47. The zero-order chi connectivity index (χ0) is 10.4. The normalized spacial score (nSPS) is 11.2. The van der Waals surface area contributed by atoms with Crippen LogP contribution >= 0.6 is 0 Å². The Kier molecular flexibility index (Phi) is 1.42. The highest BCUT2D eigenvalue weighted by Gasteiger charge is 2.19. The summed E-state index contributed by atoms with van der Waals surface area (Å²) < 4.78 is 0. The number of nitrogens with two attached hydrogens (primary N) is 1. The number of rotatable bonds is 1. The lowest BCUT2D eigenvalue weighted by atomic mass is 10.1. The number of primary amides is 1. The Hall–Kier alpha value is -2.23. The third-order valence-electron chi connectivity index (χ3n) is 2.62. The van der Waals surface area contributed by atoms with E-state index in [0.717, 1.165) is 22.0 Å². The fourth-order valence-electron chi connectivity index (χ4n) is 1.97. The molecule has 2 aliphatic rings. The Bertz CT molecular complexity index is 620. The zero-order valence-corrected chi connectivity index (χ0v) is 7.87. The van der Waals surface area contributed by atoms with Gasteiger partial charge in [-0.25, -0.2) is 0 Å². The van der Waals surface area contributed by atoms with Crippen LogP contribution < -0.4 is 5.73 Å². The van der Waals surface area contributed by atoms with Gasteiger partial charge in [0.25, 0.3) is 5.91 Å². The lowest BCUT2D eigenvalue weighted by Gasteiger charge is -1.94. The molecule has 0 unspecified atom stereocenters. The van der Waals surface area contributed by atoms with Gasteiger partial charge < -0.3 is 5.73 Å². The van der Waals surface area contributed by atoms with Crippen LogP contribution in [0.3, 0.4) is 0 Å². The van der Waals surface area contributed by atoms with Crippen molar-refractivity contribution in [2.24, 2.45) is 5.73 Å². The monoisotopic (exact) mass is 199 g/mol. The van der Waals surface area contributed by atoms with Crippen LogP contribution in [0, 0.1) is 0 Å². The van der Waals surface area contributed by atoms with E-state index in [1.807, 2.05) is 30.3 Å². The van der Waals surface area contributed by atoms with E-state index in [1.165, 1.54) is 0 Å². The maximum absolute atomic E-state index is 11.2. The summed E-state index contributed by atoms with van der Waals surface area (Å²) in [5.41, 5.74) is 7.50. The summed E-state index contributed by atoms with van der Waals surface area (Å²) in [5, 5.41) is 7.87. The van der Waals surface area contributed by atoms with Gasteiger partial charge in [0, 0.05) is 5.56 Å². The summed E-state index contributed by atoms with van der Waals surface area (Å²) in [6, 6.07) is 9.89. The maximum atomic E-state index is 11.2. The Morgan fingerprint density at radius 2 is 2.00 bits per heavy atom. The van der Waals surface area contributed by atoms with Crippen LogP contribution in [0.4, 0.5) is 0 Å². The highest BCUT2D eigenvalue weighted by atomic mass is 16.1. The van der Waals surface area contributed by atoms with Gasteiger partial charge in [-0.15, -0.1) is 0 Å². The summed E-state index contributed by atoms with van der Waals surface area (Å²) in [4.78, 5) is 11.2. The third-order valence-corrected chi connectivity index (χ3v) is 2.62. The number of aromatic nitrogens is 2. The van der Waals surface area contributed by atoms with E-state index >= 15 is 0 Å². The molecule has 0 saturated heterocycles. The van der Waals surface area contributed by atoms with Crippen LogP contribution in [-0.4, -0.2) is 16.1 Å². The molecule has 4 heteroatoms. The number of benzene rings is 1. The lowest BCUT2D eigenvalue weighted by Crippen LogP contribution is -2.12. The number of hydrogen-bond donors (Lipinski definition) is 3. The maximum Gasteiger partial charge on any atom is 0.267 e. The van der Waals surface area contributed by atoms with Crippen LogP contribution in [-0.2, 0) is 0 Å². The highest BCUT2D eigenvalue weighted by Crippen LogP contribution is 2.34. The molecule has 1 aliphatic heterocycles. The average Bonchev–Trinajstić information content (AvgIpc) is 2.74. The molecule has 1 aromatic rings. The van der Waals surface area contributed by atoms with Crippen molar-refractivity contribution in [2.75, 3.05) is 0 Å². The number of nitrogens with one attached hydrogen (secondary N) is 2. The molecule has 0 bridgehead atoms. The third kappa shape index (κ3) is 0.985. The molecule has 3 rings (SSSR count). The van der Waals surface area contributed by atoms with E-state index in [-0.39, 0.29) is 0 Å². The number of H-pyrrole nitrogens is 2. The fourth-order valence-corrected chi connectivity index (χ4v) is 1.97.